The predicted molar refractivity (Wildman–Crippen MR) is 96.5 cm³/mol. The Morgan fingerprint density at radius 2 is 2.08 bits per heavy atom. The van der Waals surface area contributed by atoms with E-state index in [1.54, 1.807) is 41.9 Å². The molecule has 0 radical (unpaired) electrons. The molecule has 3 rings (SSSR count). The molecule has 5 nitrogen and oxygen atoms in total. The van der Waals surface area contributed by atoms with Crippen molar-refractivity contribution in [1.29, 1.82) is 0 Å². The molecule has 2 N–H and O–H groups in total. The molecule has 7 heteroatoms. The van der Waals surface area contributed by atoms with Crippen molar-refractivity contribution in [1.82, 2.24) is 4.98 Å². The SMILES string of the molecule is Cc1cc(Oc2ccccc2N(C(N)=O)c2nccs2)ccc1Cl. The van der Waals surface area contributed by atoms with E-state index in [2.05, 4.69) is 4.98 Å². The number of rotatable bonds is 4. The van der Waals surface area contributed by atoms with Gasteiger partial charge in [0.25, 0.3) is 0 Å². The number of carbonyl (C=O) groups is 1. The van der Waals surface area contributed by atoms with Crippen molar-refractivity contribution in [2.24, 2.45) is 5.73 Å². The van der Waals surface area contributed by atoms with E-state index >= 15 is 0 Å². The molecule has 0 spiro atoms. The lowest BCUT2D eigenvalue weighted by Gasteiger charge is -2.20. The smallest absolute Gasteiger partial charge is 0.325 e. The molecule has 2 amide bonds. The van der Waals surface area contributed by atoms with Gasteiger partial charge in [0.15, 0.2) is 10.9 Å². The third-order valence-electron chi connectivity index (χ3n) is 3.29. The minimum atomic E-state index is -0.631. The molecule has 2 aromatic carbocycles. The standard InChI is InChI=1S/C17H14ClN3O2S/c1-11-10-12(6-7-13(11)18)23-15-5-3-2-4-14(15)21(16(19)22)17-20-8-9-24-17/h2-10H,1H3,(H2,19,22). The summed E-state index contributed by atoms with van der Waals surface area (Å²) >= 11 is 7.36. The highest BCUT2D eigenvalue weighted by Gasteiger charge is 2.21. The van der Waals surface area contributed by atoms with Gasteiger partial charge < -0.3 is 10.5 Å². The molecule has 0 saturated heterocycles. The first-order valence-corrected chi connectivity index (χ1v) is 8.34. The second-order valence-electron chi connectivity index (χ2n) is 4.97. The number of amides is 2. The monoisotopic (exact) mass is 359 g/mol. The summed E-state index contributed by atoms with van der Waals surface area (Å²) in [6.07, 6.45) is 1.61. The van der Waals surface area contributed by atoms with Crippen molar-refractivity contribution in [2.75, 3.05) is 4.90 Å². The molecule has 0 aliphatic heterocycles. The summed E-state index contributed by atoms with van der Waals surface area (Å²) in [6, 6.07) is 11.9. The van der Waals surface area contributed by atoms with Crippen LogP contribution in [0, 0.1) is 6.92 Å². The van der Waals surface area contributed by atoms with Gasteiger partial charge in [-0.15, -0.1) is 11.3 Å². The Balaban J connectivity index is 2.01. The van der Waals surface area contributed by atoms with E-state index in [4.69, 9.17) is 22.1 Å². The van der Waals surface area contributed by atoms with Crippen LogP contribution in [0.5, 0.6) is 11.5 Å². The molecule has 0 aliphatic carbocycles. The Kier molecular flexibility index (Phi) is 4.69. The van der Waals surface area contributed by atoms with Crippen LogP contribution in [0.15, 0.2) is 54.0 Å². The largest absolute Gasteiger partial charge is 0.455 e. The number of thiazole rings is 1. The Bertz CT molecular complexity index is 868. The Morgan fingerprint density at radius 3 is 2.75 bits per heavy atom. The van der Waals surface area contributed by atoms with Gasteiger partial charge in [-0.1, -0.05) is 23.7 Å². The minimum absolute atomic E-state index is 0.478. The van der Waals surface area contributed by atoms with Gasteiger partial charge in [0.05, 0.1) is 5.69 Å². The quantitative estimate of drug-likeness (QED) is 0.703. The lowest BCUT2D eigenvalue weighted by molar-refractivity contribution is 0.256. The summed E-state index contributed by atoms with van der Waals surface area (Å²) in [4.78, 5) is 17.4. The molecule has 1 aromatic heterocycles. The fraction of sp³-hybridized carbons (Fsp3) is 0.0588. The summed E-state index contributed by atoms with van der Waals surface area (Å²) in [7, 11) is 0. The average molecular weight is 360 g/mol. The topological polar surface area (TPSA) is 68.5 Å². The van der Waals surface area contributed by atoms with Crippen molar-refractivity contribution in [2.45, 2.75) is 6.92 Å². The fourth-order valence-corrected chi connectivity index (χ4v) is 2.95. The highest BCUT2D eigenvalue weighted by Crippen LogP contribution is 2.37. The van der Waals surface area contributed by atoms with Crippen LogP contribution >= 0.6 is 22.9 Å². The number of nitrogens with two attached hydrogens (primary N) is 1. The number of nitrogens with zero attached hydrogens (tertiary/aromatic N) is 2. The first-order chi connectivity index (χ1) is 11.6. The summed E-state index contributed by atoms with van der Waals surface area (Å²) in [5.41, 5.74) is 6.97. The van der Waals surface area contributed by atoms with E-state index in [1.807, 2.05) is 19.1 Å². The number of aromatic nitrogens is 1. The van der Waals surface area contributed by atoms with Crippen molar-refractivity contribution in [3.63, 3.8) is 0 Å². The molecule has 0 atom stereocenters. The van der Waals surface area contributed by atoms with Crippen molar-refractivity contribution in [3.8, 4) is 11.5 Å². The molecular weight excluding hydrogens is 346 g/mol. The summed E-state index contributed by atoms with van der Waals surface area (Å²) in [5, 5.41) is 2.92. The van der Waals surface area contributed by atoms with Gasteiger partial charge in [-0.3, -0.25) is 0 Å². The number of primary amides is 1. The Labute approximate surface area is 148 Å². The highest BCUT2D eigenvalue weighted by atomic mass is 35.5. The zero-order valence-electron chi connectivity index (χ0n) is 12.8. The molecule has 0 bridgehead atoms. The molecule has 24 heavy (non-hydrogen) atoms. The average Bonchev–Trinajstić information content (AvgIpc) is 3.06. The van der Waals surface area contributed by atoms with Gasteiger partial charge in [-0.05, 0) is 42.8 Å². The first-order valence-electron chi connectivity index (χ1n) is 7.08. The van der Waals surface area contributed by atoms with Gasteiger partial charge in [0.2, 0.25) is 0 Å². The maximum Gasteiger partial charge on any atom is 0.325 e. The van der Waals surface area contributed by atoms with Crippen LogP contribution in [-0.2, 0) is 0 Å². The number of urea groups is 1. The number of benzene rings is 2. The van der Waals surface area contributed by atoms with Crippen LogP contribution in [0.3, 0.4) is 0 Å². The van der Waals surface area contributed by atoms with E-state index < -0.39 is 6.03 Å². The molecule has 1 heterocycles. The second-order valence-corrected chi connectivity index (χ2v) is 6.25. The van der Waals surface area contributed by atoms with Crippen molar-refractivity contribution >= 4 is 39.8 Å². The third kappa shape index (κ3) is 3.34. The lowest BCUT2D eigenvalue weighted by Crippen LogP contribution is -2.31. The van der Waals surface area contributed by atoms with E-state index in [0.717, 1.165) is 5.56 Å². The molecule has 0 saturated carbocycles. The van der Waals surface area contributed by atoms with Gasteiger partial charge in [0, 0.05) is 16.6 Å². The third-order valence-corrected chi connectivity index (χ3v) is 4.48. The number of halogens is 1. The summed E-state index contributed by atoms with van der Waals surface area (Å²) in [5.74, 6) is 1.11. The minimum Gasteiger partial charge on any atom is -0.455 e. The van der Waals surface area contributed by atoms with Crippen LogP contribution in [0.2, 0.25) is 5.02 Å². The summed E-state index contributed by atoms with van der Waals surface area (Å²) < 4.78 is 5.94. The van der Waals surface area contributed by atoms with Gasteiger partial charge in [0.1, 0.15) is 5.75 Å². The number of aryl methyl sites for hydroxylation is 1. The molecule has 0 fully saturated rings. The molecule has 0 aliphatic rings. The Morgan fingerprint density at radius 1 is 1.29 bits per heavy atom. The van der Waals surface area contributed by atoms with Crippen LogP contribution in [0.4, 0.5) is 15.6 Å². The zero-order chi connectivity index (χ0) is 17.1. The van der Waals surface area contributed by atoms with Crippen molar-refractivity contribution in [3.05, 3.63) is 64.6 Å². The predicted octanol–water partition coefficient (Wildman–Crippen LogP) is 5.11. The molecule has 3 aromatic rings. The van der Waals surface area contributed by atoms with E-state index in [-0.39, 0.29) is 0 Å². The van der Waals surface area contributed by atoms with Crippen LogP contribution < -0.4 is 15.4 Å². The summed E-state index contributed by atoms with van der Waals surface area (Å²) in [6.45, 7) is 1.90. The number of hydrogen-bond donors (Lipinski definition) is 1. The normalized spacial score (nSPS) is 10.4. The zero-order valence-corrected chi connectivity index (χ0v) is 14.3. The number of ether oxygens (including phenoxy) is 1. The van der Waals surface area contributed by atoms with Gasteiger partial charge >= 0.3 is 6.03 Å². The highest BCUT2D eigenvalue weighted by molar-refractivity contribution is 7.13. The fourth-order valence-electron chi connectivity index (χ4n) is 2.18. The number of hydrogen-bond acceptors (Lipinski definition) is 4. The number of anilines is 2. The number of carbonyl (C=O) groups excluding carboxylic acids is 1. The maximum atomic E-state index is 11.9. The first kappa shape index (κ1) is 16.3. The van der Waals surface area contributed by atoms with Crippen molar-refractivity contribution < 1.29 is 9.53 Å². The van der Waals surface area contributed by atoms with Crippen LogP contribution in [-0.4, -0.2) is 11.0 Å². The molecule has 0 unspecified atom stereocenters. The molecule has 122 valence electrons. The van der Waals surface area contributed by atoms with E-state index in [0.29, 0.717) is 27.3 Å². The number of para-hydroxylation sites is 2. The maximum absolute atomic E-state index is 11.9. The lowest BCUT2D eigenvalue weighted by atomic mass is 10.2. The van der Waals surface area contributed by atoms with E-state index in [1.165, 1.54) is 16.2 Å². The van der Waals surface area contributed by atoms with Crippen LogP contribution in [0.1, 0.15) is 5.56 Å². The van der Waals surface area contributed by atoms with E-state index in [9.17, 15) is 4.79 Å². The van der Waals surface area contributed by atoms with Gasteiger partial charge in [-0.25, -0.2) is 14.7 Å². The van der Waals surface area contributed by atoms with Gasteiger partial charge in [-0.2, -0.15) is 0 Å². The second kappa shape index (κ2) is 6.90. The van der Waals surface area contributed by atoms with Crippen LogP contribution in [0.25, 0.3) is 0 Å². The molecular formula is C17H14ClN3O2S. The Hall–Kier alpha value is -2.57.